The van der Waals surface area contributed by atoms with E-state index in [0.717, 1.165) is 18.4 Å². The lowest BCUT2D eigenvalue weighted by Crippen LogP contribution is -2.35. The van der Waals surface area contributed by atoms with Crippen molar-refractivity contribution in [2.45, 2.75) is 57.7 Å². The Hall–Kier alpha value is -0.250. The van der Waals surface area contributed by atoms with Gasteiger partial charge in [-0.1, -0.05) is 6.92 Å². The molecule has 0 aliphatic heterocycles. The molecule has 1 nitrogen and oxygen atoms in total. The topological polar surface area (TPSA) is 12.0 Å². The largest absolute Gasteiger partial charge is 0.389 e. The zero-order valence-corrected chi connectivity index (χ0v) is 10.4. The Bertz CT molecular complexity index is 242. The molecule has 2 fully saturated rings. The van der Waals surface area contributed by atoms with Crippen LogP contribution in [0.15, 0.2) is 0 Å². The molecule has 0 aromatic carbocycles. The lowest BCUT2D eigenvalue weighted by Gasteiger charge is -2.25. The molecule has 0 saturated heterocycles. The summed E-state index contributed by atoms with van der Waals surface area (Å²) in [7, 11) is 0. The van der Waals surface area contributed by atoms with Crippen molar-refractivity contribution in [3.63, 3.8) is 0 Å². The van der Waals surface area contributed by atoms with Gasteiger partial charge in [0.15, 0.2) is 0 Å². The van der Waals surface area contributed by atoms with Crippen molar-refractivity contribution in [1.29, 1.82) is 0 Å². The van der Waals surface area contributed by atoms with E-state index in [1.54, 1.807) is 0 Å². The van der Waals surface area contributed by atoms with Gasteiger partial charge < -0.3 is 5.32 Å². The van der Waals surface area contributed by atoms with E-state index in [0.29, 0.717) is 18.4 Å². The first-order valence-corrected chi connectivity index (χ1v) is 6.79. The number of rotatable bonds is 6. The maximum absolute atomic E-state index is 12.1. The average molecular weight is 249 g/mol. The van der Waals surface area contributed by atoms with Crippen LogP contribution in [0.2, 0.25) is 0 Å². The molecule has 2 aliphatic carbocycles. The van der Waals surface area contributed by atoms with Crippen molar-refractivity contribution in [2.75, 3.05) is 6.54 Å². The van der Waals surface area contributed by atoms with Crippen molar-refractivity contribution in [1.82, 2.24) is 5.32 Å². The quantitative estimate of drug-likeness (QED) is 0.756. The van der Waals surface area contributed by atoms with E-state index < -0.39 is 12.6 Å². The third kappa shape index (κ3) is 3.87. The molecule has 0 radical (unpaired) electrons. The van der Waals surface area contributed by atoms with Gasteiger partial charge in [-0.05, 0) is 56.4 Å². The minimum Gasteiger partial charge on any atom is -0.314 e. The summed E-state index contributed by atoms with van der Waals surface area (Å²) in [5.74, 6) is 2.44. The van der Waals surface area contributed by atoms with Crippen molar-refractivity contribution >= 4 is 0 Å². The van der Waals surface area contributed by atoms with Crippen molar-refractivity contribution in [3.05, 3.63) is 0 Å². The molecule has 17 heavy (non-hydrogen) atoms. The van der Waals surface area contributed by atoms with Crippen LogP contribution in [-0.4, -0.2) is 18.8 Å². The predicted octanol–water partition coefficient (Wildman–Crippen LogP) is 3.74. The SMILES string of the molecule is CCNC(CCCC(F)(F)F)C1CC2CC2C1. The van der Waals surface area contributed by atoms with Crippen molar-refractivity contribution in [3.8, 4) is 0 Å². The van der Waals surface area contributed by atoms with Crippen LogP contribution in [0.4, 0.5) is 13.2 Å². The van der Waals surface area contributed by atoms with Crippen molar-refractivity contribution < 1.29 is 13.2 Å². The molecule has 0 amide bonds. The highest BCUT2D eigenvalue weighted by Crippen LogP contribution is 2.55. The van der Waals surface area contributed by atoms with E-state index in [1.165, 1.54) is 19.3 Å². The number of alkyl halides is 3. The summed E-state index contributed by atoms with van der Waals surface area (Å²) in [5, 5.41) is 3.38. The van der Waals surface area contributed by atoms with Gasteiger partial charge >= 0.3 is 6.18 Å². The van der Waals surface area contributed by atoms with Gasteiger partial charge in [0.2, 0.25) is 0 Å². The van der Waals surface area contributed by atoms with Gasteiger partial charge in [-0.2, -0.15) is 13.2 Å². The summed E-state index contributed by atoms with van der Waals surface area (Å²) < 4.78 is 36.4. The molecule has 0 aromatic rings. The first kappa shape index (κ1) is 13.2. The van der Waals surface area contributed by atoms with Gasteiger partial charge in [0, 0.05) is 12.5 Å². The number of hydrogen-bond donors (Lipinski definition) is 1. The number of hydrogen-bond acceptors (Lipinski definition) is 1. The minimum absolute atomic E-state index is 0.271. The van der Waals surface area contributed by atoms with Crippen LogP contribution >= 0.6 is 0 Å². The fraction of sp³-hybridized carbons (Fsp3) is 1.00. The highest BCUT2D eigenvalue weighted by atomic mass is 19.4. The second-order valence-electron chi connectivity index (χ2n) is 5.66. The number of nitrogens with one attached hydrogen (secondary N) is 1. The Morgan fingerprint density at radius 1 is 1.18 bits per heavy atom. The van der Waals surface area contributed by atoms with E-state index in [1.807, 2.05) is 6.92 Å². The Kier molecular flexibility index (Phi) is 4.01. The van der Waals surface area contributed by atoms with E-state index >= 15 is 0 Å². The second-order valence-corrected chi connectivity index (χ2v) is 5.66. The maximum Gasteiger partial charge on any atom is 0.389 e. The molecule has 2 aliphatic rings. The van der Waals surface area contributed by atoms with Gasteiger partial charge in [-0.25, -0.2) is 0 Å². The average Bonchev–Trinajstić information content (AvgIpc) is 2.83. The molecule has 3 atom stereocenters. The molecule has 0 spiro atoms. The van der Waals surface area contributed by atoms with Crippen LogP contribution in [0, 0.1) is 17.8 Å². The molecule has 4 heteroatoms. The summed E-state index contributed by atoms with van der Waals surface area (Å²) in [6, 6.07) is 0.315. The summed E-state index contributed by atoms with van der Waals surface area (Å²) in [5.41, 5.74) is 0. The summed E-state index contributed by atoms with van der Waals surface area (Å²) >= 11 is 0. The Morgan fingerprint density at radius 3 is 2.35 bits per heavy atom. The second kappa shape index (κ2) is 5.17. The van der Waals surface area contributed by atoms with Crippen LogP contribution in [0.1, 0.15) is 45.4 Å². The fourth-order valence-corrected chi connectivity index (χ4v) is 3.38. The third-order valence-electron chi connectivity index (χ3n) is 4.29. The number of fused-ring (bicyclic) bond motifs is 1. The van der Waals surface area contributed by atoms with Crippen molar-refractivity contribution in [2.24, 2.45) is 17.8 Å². The van der Waals surface area contributed by atoms with E-state index in [2.05, 4.69) is 5.32 Å². The third-order valence-corrected chi connectivity index (χ3v) is 4.29. The van der Waals surface area contributed by atoms with E-state index in [9.17, 15) is 13.2 Å². The zero-order valence-electron chi connectivity index (χ0n) is 10.4. The van der Waals surface area contributed by atoms with Gasteiger partial charge in [0.25, 0.3) is 0 Å². The summed E-state index contributed by atoms with van der Waals surface area (Å²) in [6.45, 7) is 2.90. The molecule has 2 rings (SSSR count). The highest BCUT2D eigenvalue weighted by Gasteiger charge is 2.47. The Morgan fingerprint density at radius 2 is 1.82 bits per heavy atom. The molecule has 3 unspecified atom stereocenters. The minimum atomic E-state index is -3.99. The van der Waals surface area contributed by atoms with E-state index in [4.69, 9.17) is 0 Å². The lowest BCUT2D eigenvalue weighted by molar-refractivity contribution is -0.136. The standard InChI is InChI=1S/C13H22F3N/c1-2-17-12(4-3-5-13(14,15)16)11-7-9-6-10(9)8-11/h9-12,17H,2-8H2,1H3. The van der Waals surface area contributed by atoms with Gasteiger partial charge in [-0.3, -0.25) is 0 Å². The van der Waals surface area contributed by atoms with Crippen LogP contribution in [0.25, 0.3) is 0 Å². The molecule has 1 N–H and O–H groups in total. The fourth-order valence-electron chi connectivity index (χ4n) is 3.38. The van der Waals surface area contributed by atoms with Crippen LogP contribution in [0.3, 0.4) is 0 Å². The summed E-state index contributed by atoms with van der Waals surface area (Å²) in [4.78, 5) is 0. The molecule has 2 saturated carbocycles. The zero-order chi connectivity index (χ0) is 12.5. The molecular formula is C13H22F3N. The van der Waals surface area contributed by atoms with Gasteiger partial charge in [-0.15, -0.1) is 0 Å². The van der Waals surface area contributed by atoms with Crippen LogP contribution < -0.4 is 5.32 Å². The van der Waals surface area contributed by atoms with Crippen LogP contribution in [-0.2, 0) is 0 Å². The van der Waals surface area contributed by atoms with Gasteiger partial charge in [0.1, 0.15) is 0 Å². The first-order valence-electron chi connectivity index (χ1n) is 6.79. The van der Waals surface area contributed by atoms with E-state index in [-0.39, 0.29) is 6.42 Å². The molecule has 0 aromatic heterocycles. The molecule has 0 heterocycles. The Labute approximate surface area is 101 Å². The molecule has 100 valence electrons. The lowest BCUT2D eigenvalue weighted by atomic mass is 9.90. The molecular weight excluding hydrogens is 227 g/mol. The van der Waals surface area contributed by atoms with Crippen LogP contribution in [0.5, 0.6) is 0 Å². The normalized spacial score (nSPS) is 33.5. The Balaban J connectivity index is 1.72. The highest BCUT2D eigenvalue weighted by molar-refractivity contribution is 4.99. The predicted molar refractivity (Wildman–Crippen MR) is 61.7 cm³/mol. The molecule has 0 bridgehead atoms. The monoisotopic (exact) mass is 249 g/mol. The number of halogens is 3. The maximum atomic E-state index is 12.1. The first-order chi connectivity index (χ1) is 7.99. The summed E-state index contributed by atoms with van der Waals surface area (Å²) in [6.07, 6.45) is 0.189. The van der Waals surface area contributed by atoms with Gasteiger partial charge in [0.05, 0.1) is 0 Å². The smallest absolute Gasteiger partial charge is 0.314 e.